The van der Waals surface area contributed by atoms with Crippen LogP contribution in [0.1, 0.15) is 36.3 Å². The highest BCUT2D eigenvalue weighted by atomic mass is 32.1. The molecule has 0 aliphatic carbocycles. The Hall–Kier alpha value is -1.70. The molecule has 0 spiro atoms. The summed E-state index contributed by atoms with van der Waals surface area (Å²) in [6.07, 6.45) is 8.36. The predicted molar refractivity (Wildman–Crippen MR) is 110 cm³/mol. The second kappa shape index (κ2) is 8.79. The van der Waals surface area contributed by atoms with Crippen LogP contribution < -0.4 is 10.2 Å². The molecule has 1 saturated heterocycles. The average molecular weight is 388 g/mol. The van der Waals surface area contributed by atoms with Crippen molar-refractivity contribution in [2.75, 3.05) is 24.5 Å². The van der Waals surface area contributed by atoms with Crippen LogP contribution in [-0.2, 0) is 13.0 Å². The fraction of sp³-hybridized carbons (Fsp3) is 0.474. The third kappa shape index (κ3) is 4.34. The van der Waals surface area contributed by atoms with E-state index in [1.54, 1.807) is 11.3 Å². The molecule has 138 valence electrons. The first-order valence-electron chi connectivity index (χ1n) is 9.38. The molecule has 1 N–H and O–H groups in total. The van der Waals surface area contributed by atoms with E-state index in [1.807, 2.05) is 11.3 Å². The van der Waals surface area contributed by atoms with E-state index < -0.39 is 0 Å². The minimum atomic E-state index is 0.844. The van der Waals surface area contributed by atoms with Gasteiger partial charge in [0.1, 0.15) is 0 Å². The van der Waals surface area contributed by atoms with Crippen molar-refractivity contribution in [3.63, 3.8) is 0 Å². The van der Waals surface area contributed by atoms with Crippen LogP contribution in [0.4, 0.5) is 5.13 Å². The lowest BCUT2D eigenvalue weighted by atomic mass is 10.2. The molecule has 3 aromatic heterocycles. The topological polar surface area (TPSA) is 46.0 Å². The van der Waals surface area contributed by atoms with Gasteiger partial charge in [-0.1, -0.05) is 30.2 Å². The van der Waals surface area contributed by atoms with Crippen LogP contribution in [0.5, 0.6) is 0 Å². The molecule has 26 heavy (non-hydrogen) atoms. The summed E-state index contributed by atoms with van der Waals surface area (Å²) in [7, 11) is 0. The number of thiophene rings is 1. The second-order valence-electron chi connectivity index (χ2n) is 6.64. The molecule has 0 aromatic carbocycles. The second-order valence-corrected chi connectivity index (χ2v) is 8.61. The number of aromatic nitrogens is 3. The molecule has 1 fully saturated rings. The molecule has 7 heteroatoms. The summed E-state index contributed by atoms with van der Waals surface area (Å²) in [5.41, 5.74) is 1.23. The minimum absolute atomic E-state index is 0.844. The van der Waals surface area contributed by atoms with Crippen molar-refractivity contribution in [1.82, 2.24) is 20.1 Å². The van der Waals surface area contributed by atoms with E-state index in [2.05, 4.69) is 60.8 Å². The summed E-state index contributed by atoms with van der Waals surface area (Å²) in [4.78, 5) is 3.83. The molecular weight excluding hydrogens is 362 g/mol. The number of hydrogen-bond donors (Lipinski definition) is 1. The molecule has 1 aliphatic heterocycles. The van der Waals surface area contributed by atoms with Gasteiger partial charge in [-0.15, -0.1) is 21.5 Å². The zero-order valence-electron chi connectivity index (χ0n) is 14.9. The van der Waals surface area contributed by atoms with Gasteiger partial charge in [-0.25, -0.2) is 0 Å². The Morgan fingerprint density at radius 3 is 2.65 bits per heavy atom. The molecule has 3 aromatic rings. The normalized spacial score (nSPS) is 15.3. The molecular formula is C19H25N5S2. The van der Waals surface area contributed by atoms with Crippen LogP contribution in [0.15, 0.2) is 35.8 Å². The van der Waals surface area contributed by atoms with Gasteiger partial charge in [-0.05, 0) is 42.8 Å². The molecule has 4 heterocycles. The van der Waals surface area contributed by atoms with Crippen LogP contribution in [0, 0.1) is 0 Å². The third-order valence-corrected chi connectivity index (χ3v) is 6.67. The maximum Gasteiger partial charge on any atom is 0.218 e. The molecule has 0 atom stereocenters. The quantitative estimate of drug-likeness (QED) is 0.620. The molecule has 0 bridgehead atoms. The van der Waals surface area contributed by atoms with Crippen LogP contribution in [0.2, 0.25) is 0 Å². The number of nitrogens with one attached hydrogen (secondary N) is 1. The van der Waals surface area contributed by atoms with Gasteiger partial charge in [0.05, 0.1) is 0 Å². The number of anilines is 1. The average Bonchev–Trinajstić information content (AvgIpc) is 3.38. The van der Waals surface area contributed by atoms with Gasteiger partial charge < -0.3 is 10.2 Å². The third-order valence-electron chi connectivity index (χ3n) is 4.75. The van der Waals surface area contributed by atoms with E-state index in [4.69, 9.17) is 0 Å². The van der Waals surface area contributed by atoms with Gasteiger partial charge in [-0.2, -0.15) is 0 Å². The smallest absolute Gasteiger partial charge is 0.218 e. The molecule has 0 unspecified atom stereocenters. The molecule has 1 aliphatic rings. The Labute approximate surface area is 162 Å². The van der Waals surface area contributed by atoms with Crippen molar-refractivity contribution >= 4 is 27.8 Å². The van der Waals surface area contributed by atoms with Crippen LogP contribution in [0.3, 0.4) is 0 Å². The van der Waals surface area contributed by atoms with E-state index in [0.717, 1.165) is 42.9 Å². The zero-order valence-corrected chi connectivity index (χ0v) is 16.6. The summed E-state index contributed by atoms with van der Waals surface area (Å²) in [6.45, 7) is 4.05. The van der Waals surface area contributed by atoms with Gasteiger partial charge in [0, 0.05) is 42.9 Å². The number of nitrogens with zero attached hydrogens (tertiary/aromatic N) is 4. The summed E-state index contributed by atoms with van der Waals surface area (Å²) in [6, 6.07) is 8.55. The fourth-order valence-electron chi connectivity index (χ4n) is 3.32. The van der Waals surface area contributed by atoms with E-state index in [0.29, 0.717) is 0 Å². The van der Waals surface area contributed by atoms with Gasteiger partial charge in [-0.3, -0.25) is 4.57 Å². The first-order valence-corrected chi connectivity index (χ1v) is 11.1. The van der Waals surface area contributed by atoms with Gasteiger partial charge >= 0.3 is 0 Å². The number of hydrogen-bond acceptors (Lipinski definition) is 6. The Kier molecular flexibility index (Phi) is 5.99. The monoisotopic (exact) mass is 387 g/mol. The van der Waals surface area contributed by atoms with E-state index >= 15 is 0 Å². The number of rotatable bonds is 7. The van der Waals surface area contributed by atoms with Gasteiger partial charge in [0.25, 0.3) is 0 Å². The highest BCUT2D eigenvalue weighted by Crippen LogP contribution is 2.26. The summed E-state index contributed by atoms with van der Waals surface area (Å²) in [5.74, 6) is 0. The Morgan fingerprint density at radius 1 is 1.00 bits per heavy atom. The SMILES string of the molecule is c1csc(CCNCc2cccn2-c2nnc(N3CCCCCC3)s2)c1. The van der Waals surface area contributed by atoms with Crippen molar-refractivity contribution in [3.8, 4) is 5.13 Å². The maximum atomic E-state index is 4.46. The molecule has 0 radical (unpaired) electrons. The van der Waals surface area contributed by atoms with Crippen LogP contribution in [-0.4, -0.2) is 34.4 Å². The lowest BCUT2D eigenvalue weighted by Gasteiger charge is -2.17. The Morgan fingerprint density at radius 2 is 1.85 bits per heavy atom. The van der Waals surface area contributed by atoms with Crippen LogP contribution >= 0.6 is 22.7 Å². The lowest BCUT2D eigenvalue weighted by molar-refractivity contribution is 0.667. The van der Waals surface area contributed by atoms with E-state index in [-0.39, 0.29) is 0 Å². The molecule has 0 saturated carbocycles. The largest absolute Gasteiger partial charge is 0.347 e. The highest BCUT2D eigenvalue weighted by molar-refractivity contribution is 7.17. The molecule has 5 nitrogen and oxygen atoms in total. The minimum Gasteiger partial charge on any atom is -0.347 e. The Bertz CT molecular complexity index is 785. The fourth-order valence-corrected chi connectivity index (χ4v) is 4.95. The van der Waals surface area contributed by atoms with Crippen LogP contribution in [0.25, 0.3) is 5.13 Å². The summed E-state index contributed by atoms with van der Waals surface area (Å²) >= 11 is 3.52. The Balaban J connectivity index is 1.37. The predicted octanol–water partition coefficient (Wildman–Crippen LogP) is 4.10. The molecule has 0 amide bonds. The summed E-state index contributed by atoms with van der Waals surface area (Å²) < 4.78 is 2.16. The molecule has 4 rings (SSSR count). The van der Waals surface area contributed by atoms with Crippen molar-refractivity contribution < 1.29 is 0 Å². The standard InChI is InChI=1S/C19H25N5S2/c1-2-4-12-23(11-3-1)18-21-22-19(26-18)24-13-5-7-16(24)15-20-10-9-17-8-6-14-25-17/h5-8,13-14,20H,1-4,9-12,15H2. The summed E-state index contributed by atoms with van der Waals surface area (Å²) in [5, 5.41) is 16.6. The van der Waals surface area contributed by atoms with Gasteiger partial charge in [0.15, 0.2) is 0 Å². The lowest BCUT2D eigenvalue weighted by Crippen LogP contribution is -2.23. The van der Waals surface area contributed by atoms with Crippen molar-refractivity contribution in [2.24, 2.45) is 0 Å². The van der Waals surface area contributed by atoms with Gasteiger partial charge in [0.2, 0.25) is 10.3 Å². The first-order chi connectivity index (χ1) is 12.9. The van der Waals surface area contributed by atoms with Crippen molar-refractivity contribution in [3.05, 3.63) is 46.4 Å². The van der Waals surface area contributed by atoms with E-state index in [9.17, 15) is 0 Å². The van der Waals surface area contributed by atoms with Crippen molar-refractivity contribution in [2.45, 2.75) is 38.6 Å². The highest BCUT2D eigenvalue weighted by Gasteiger charge is 2.16. The van der Waals surface area contributed by atoms with Crippen molar-refractivity contribution in [1.29, 1.82) is 0 Å². The van der Waals surface area contributed by atoms with E-state index in [1.165, 1.54) is 36.3 Å². The maximum absolute atomic E-state index is 4.46. The zero-order chi connectivity index (χ0) is 17.6. The first kappa shape index (κ1) is 17.7.